The van der Waals surface area contributed by atoms with Gasteiger partial charge < -0.3 is 26.0 Å². The monoisotopic (exact) mass is 453 g/mol. The van der Waals surface area contributed by atoms with Crippen molar-refractivity contribution in [3.05, 3.63) is 59.9 Å². The number of amides is 2. The Bertz CT molecular complexity index is 1120. The van der Waals surface area contributed by atoms with Gasteiger partial charge in [-0.3, -0.25) is 9.52 Å². The number of carboxylic acid groups (broad SMARTS) is 1. The number of hydrogen-bond acceptors (Lipinski definition) is 6. The normalized spacial score (nSPS) is 10.9. The molecule has 2 rings (SSSR count). The Morgan fingerprint density at radius 1 is 1.26 bits per heavy atom. The molecule has 0 spiro atoms. The minimum atomic E-state index is -4.48. The molecule has 2 aromatic rings. The van der Waals surface area contributed by atoms with Crippen LogP contribution in [-0.2, 0) is 16.4 Å². The number of nitrogens with one attached hydrogen (secondary N) is 2. The lowest BCUT2D eigenvalue weighted by Crippen LogP contribution is -2.26. The van der Waals surface area contributed by atoms with Gasteiger partial charge in [0, 0.05) is 11.8 Å². The zero-order chi connectivity index (χ0) is 23.2. The van der Waals surface area contributed by atoms with Gasteiger partial charge in [0.05, 0.1) is 12.1 Å². The van der Waals surface area contributed by atoms with E-state index >= 15 is 0 Å². The summed E-state index contributed by atoms with van der Waals surface area (Å²) in [6, 6.07) is 5.39. The number of allylic oxidation sites excluding steroid dienone is 1. The van der Waals surface area contributed by atoms with Crippen molar-refractivity contribution in [2.75, 3.05) is 17.9 Å². The molecule has 0 aliphatic heterocycles. The lowest BCUT2D eigenvalue weighted by Gasteiger charge is -2.14. The van der Waals surface area contributed by atoms with Gasteiger partial charge in [0.25, 0.3) is 15.9 Å². The van der Waals surface area contributed by atoms with Crippen molar-refractivity contribution < 1.29 is 37.3 Å². The van der Waals surface area contributed by atoms with Crippen molar-refractivity contribution in [1.82, 2.24) is 5.32 Å². The van der Waals surface area contributed by atoms with Crippen LogP contribution >= 0.6 is 0 Å². The summed E-state index contributed by atoms with van der Waals surface area (Å²) in [6.45, 7) is 3.69. The van der Waals surface area contributed by atoms with E-state index in [4.69, 9.17) is 15.6 Å². The molecule has 0 radical (unpaired) electrons. The maximum Gasteiger partial charge on any atom is 0.404 e. The number of sulfonamides is 1. The van der Waals surface area contributed by atoms with Crippen LogP contribution in [0.1, 0.15) is 15.9 Å². The number of primary amides is 1. The summed E-state index contributed by atoms with van der Waals surface area (Å²) >= 11 is 0. The highest BCUT2D eigenvalue weighted by Crippen LogP contribution is 2.28. The van der Waals surface area contributed by atoms with Crippen molar-refractivity contribution in [3.63, 3.8) is 0 Å². The Labute approximate surface area is 177 Å². The second-order valence-electron chi connectivity index (χ2n) is 6.17. The van der Waals surface area contributed by atoms with Crippen LogP contribution < -0.4 is 20.5 Å². The number of nitrogens with two attached hydrogens (primary N) is 1. The van der Waals surface area contributed by atoms with Crippen LogP contribution in [0.2, 0.25) is 0 Å². The van der Waals surface area contributed by atoms with Crippen LogP contribution in [0.25, 0.3) is 0 Å². The molecule has 31 heavy (non-hydrogen) atoms. The molecule has 2 amide bonds. The van der Waals surface area contributed by atoms with E-state index in [1.165, 1.54) is 18.2 Å². The number of carbonyl (C=O) groups excluding carboxylic acids is 1. The summed E-state index contributed by atoms with van der Waals surface area (Å²) < 4.78 is 47.1. The van der Waals surface area contributed by atoms with Crippen molar-refractivity contribution in [3.8, 4) is 11.5 Å². The average molecular weight is 453 g/mol. The quantitative estimate of drug-likeness (QED) is 0.270. The SMILES string of the molecule is C=CCc1cc(NS(=O)(=O)c2cc(C(N)=O)c(O)cc2F)ccc1OCCNC(=O)O. The predicted molar refractivity (Wildman–Crippen MR) is 109 cm³/mol. The van der Waals surface area contributed by atoms with Gasteiger partial charge in [0.1, 0.15) is 28.8 Å². The first-order valence-electron chi connectivity index (χ1n) is 8.73. The molecule has 0 saturated carbocycles. The zero-order valence-corrected chi connectivity index (χ0v) is 16.9. The van der Waals surface area contributed by atoms with Gasteiger partial charge in [-0.05, 0) is 36.2 Å². The fourth-order valence-corrected chi connectivity index (χ4v) is 3.71. The number of benzene rings is 2. The third kappa shape index (κ3) is 6.09. The molecule has 0 aromatic heterocycles. The fraction of sp³-hybridized carbons (Fsp3) is 0.158. The smallest absolute Gasteiger partial charge is 0.404 e. The van der Waals surface area contributed by atoms with Crippen LogP contribution in [0.5, 0.6) is 11.5 Å². The minimum absolute atomic E-state index is 0.0378. The van der Waals surface area contributed by atoms with Gasteiger partial charge in [-0.25, -0.2) is 17.6 Å². The zero-order valence-electron chi connectivity index (χ0n) is 16.1. The van der Waals surface area contributed by atoms with E-state index in [0.29, 0.717) is 29.9 Å². The van der Waals surface area contributed by atoms with Gasteiger partial charge in [0.2, 0.25) is 0 Å². The Morgan fingerprint density at radius 2 is 1.97 bits per heavy atom. The van der Waals surface area contributed by atoms with Crippen LogP contribution in [0.3, 0.4) is 0 Å². The number of aromatic hydroxyl groups is 1. The van der Waals surface area contributed by atoms with E-state index in [9.17, 15) is 27.5 Å². The van der Waals surface area contributed by atoms with Crippen molar-refractivity contribution in [1.29, 1.82) is 0 Å². The fourth-order valence-electron chi connectivity index (χ4n) is 2.57. The first kappa shape index (κ1) is 23.5. The molecular formula is C19H20FN3O7S. The van der Waals surface area contributed by atoms with E-state index in [0.717, 1.165) is 0 Å². The third-order valence-electron chi connectivity index (χ3n) is 3.92. The van der Waals surface area contributed by atoms with Gasteiger partial charge in [-0.1, -0.05) is 6.08 Å². The highest BCUT2D eigenvalue weighted by molar-refractivity contribution is 7.92. The van der Waals surface area contributed by atoms with E-state index in [-0.39, 0.29) is 18.8 Å². The topological polar surface area (TPSA) is 168 Å². The second kappa shape index (κ2) is 9.80. The van der Waals surface area contributed by atoms with Crippen LogP contribution in [0.15, 0.2) is 47.9 Å². The summed E-state index contributed by atoms with van der Waals surface area (Å²) in [4.78, 5) is 20.9. The Hall–Kier alpha value is -3.80. The molecule has 12 heteroatoms. The van der Waals surface area contributed by atoms with Gasteiger partial charge in [-0.15, -0.1) is 6.58 Å². The van der Waals surface area contributed by atoms with Crippen LogP contribution in [-0.4, -0.2) is 43.8 Å². The third-order valence-corrected chi connectivity index (χ3v) is 5.31. The molecular weight excluding hydrogens is 433 g/mol. The Morgan fingerprint density at radius 3 is 2.58 bits per heavy atom. The number of hydrogen-bond donors (Lipinski definition) is 5. The van der Waals surface area contributed by atoms with Crippen LogP contribution in [0, 0.1) is 5.82 Å². The predicted octanol–water partition coefficient (Wildman–Crippen LogP) is 1.81. The molecule has 6 N–H and O–H groups in total. The Balaban J connectivity index is 2.30. The van der Waals surface area contributed by atoms with Crippen molar-refractivity contribution in [2.45, 2.75) is 11.3 Å². The van der Waals surface area contributed by atoms with E-state index in [1.54, 1.807) is 6.08 Å². The number of rotatable bonds is 10. The molecule has 0 atom stereocenters. The van der Waals surface area contributed by atoms with Gasteiger partial charge in [0.15, 0.2) is 0 Å². The maximum absolute atomic E-state index is 14.2. The number of phenols is 1. The molecule has 0 fully saturated rings. The molecule has 166 valence electrons. The first-order valence-corrected chi connectivity index (χ1v) is 10.2. The average Bonchev–Trinajstić information content (AvgIpc) is 2.65. The molecule has 0 saturated heterocycles. The molecule has 0 heterocycles. The summed E-state index contributed by atoms with van der Waals surface area (Å²) in [5.41, 5.74) is 5.13. The second-order valence-corrected chi connectivity index (χ2v) is 7.82. The lowest BCUT2D eigenvalue weighted by atomic mass is 10.1. The largest absolute Gasteiger partial charge is 0.507 e. The highest BCUT2D eigenvalue weighted by Gasteiger charge is 2.24. The number of carbonyl (C=O) groups is 2. The van der Waals surface area contributed by atoms with Crippen molar-refractivity contribution in [2.24, 2.45) is 5.73 Å². The number of ether oxygens (including phenoxy) is 1. The van der Waals surface area contributed by atoms with E-state index in [1.807, 2.05) is 0 Å². The van der Waals surface area contributed by atoms with E-state index in [2.05, 4.69) is 16.6 Å². The molecule has 10 nitrogen and oxygen atoms in total. The number of halogens is 1. The summed E-state index contributed by atoms with van der Waals surface area (Å²) in [7, 11) is -4.48. The molecule has 0 unspecified atom stereocenters. The van der Waals surface area contributed by atoms with Crippen molar-refractivity contribution >= 4 is 27.7 Å². The molecule has 0 aliphatic rings. The van der Waals surface area contributed by atoms with Gasteiger partial charge >= 0.3 is 6.09 Å². The van der Waals surface area contributed by atoms with Crippen LogP contribution in [0.4, 0.5) is 14.9 Å². The molecule has 2 aromatic carbocycles. The number of anilines is 1. The summed E-state index contributed by atoms with van der Waals surface area (Å²) in [6.07, 6.45) is 0.659. The Kier molecular flexibility index (Phi) is 7.42. The minimum Gasteiger partial charge on any atom is -0.507 e. The maximum atomic E-state index is 14.2. The van der Waals surface area contributed by atoms with Gasteiger partial charge in [-0.2, -0.15) is 0 Å². The standard InChI is InChI=1S/C19H20FN3O7S/c1-2-3-11-8-12(4-5-16(11)30-7-6-22-19(26)27)23-31(28,29)17-9-13(18(21)25)15(24)10-14(17)20/h2,4-5,8-10,22-24H,1,3,6-7H2,(H2,21,25)(H,26,27). The molecule has 0 bridgehead atoms. The summed E-state index contributed by atoms with van der Waals surface area (Å²) in [5, 5.41) is 20.3. The highest BCUT2D eigenvalue weighted by atomic mass is 32.2. The summed E-state index contributed by atoms with van der Waals surface area (Å²) in [5.74, 6) is -2.80. The molecule has 0 aliphatic carbocycles. The van der Waals surface area contributed by atoms with E-state index < -0.39 is 44.0 Å². The lowest BCUT2D eigenvalue weighted by molar-refractivity contribution is 0.0997. The first-order chi connectivity index (χ1) is 14.5.